The van der Waals surface area contributed by atoms with Gasteiger partial charge in [-0.15, -0.1) is 0 Å². The number of benzene rings is 3. The molecule has 3 aromatic rings. The molecule has 4 heteroatoms. The Morgan fingerprint density at radius 2 is 1.19 bits per heavy atom. The monoisotopic (exact) mass is 355 g/mol. The normalized spacial score (nSPS) is 14.1. The van der Waals surface area contributed by atoms with Crippen molar-refractivity contribution in [2.24, 2.45) is 0 Å². The highest BCUT2D eigenvalue weighted by atomic mass is 16.2. The van der Waals surface area contributed by atoms with Crippen LogP contribution in [0.25, 0.3) is 0 Å². The maximum Gasteiger partial charge on any atom is 0.262 e. The van der Waals surface area contributed by atoms with E-state index in [1.54, 1.807) is 48.5 Å². The Hall–Kier alpha value is -3.53. The van der Waals surface area contributed by atoms with Gasteiger partial charge >= 0.3 is 0 Å². The first-order valence-corrected chi connectivity index (χ1v) is 8.77. The molecule has 0 saturated heterocycles. The molecule has 132 valence electrons. The van der Waals surface area contributed by atoms with Crippen LogP contribution < -0.4 is 0 Å². The zero-order valence-electron chi connectivity index (χ0n) is 14.5. The Morgan fingerprint density at radius 1 is 0.704 bits per heavy atom. The number of imide groups is 1. The summed E-state index contributed by atoms with van der Waals surface area (Å²) >= 11 is 0. The first-order valence-electron chi connectivity index (χ1n) is 8.77. The van der Waals surface area contributed by atoms with Crippen molar-refractivity contribution in [3.8, 4) is 0 Å². The van der Waals surface area contributed by atoms with Crippen LogP contribution in [0.2, 0.25) is 0 Å². The lowest BCUT2D eigenvalue weighted by Crippen LogP contribution is -2.46. The number of fused-ring (bicyclic) bond motifs is 1. The fourth-order valence-electron chi connectivity index (χ4n) is 3.42. The predicted molar refractivity (Wildman–Crippen MR) is 102 cm³/mol. The number of hydrogen-bond acceptors (Lipinski definition) is 3. The highest BCUT2D eigenvalue weighted by Gasteiger charge is 2.42. The van der Waals surface area contributed by atoms with Crippen molar-refractivity contribution in [3.63, 3.8) is 0 Å². The Balaban J connectivity index is 1.76. The second-order valence-corrected chi connectivity index (χ2v) is 6.46. The highest BCUT2D eigenvalue weighted by molar-refractivity contribution is 6.23. The number of carbonyl (C=O) groups is 3. The molecular formula is C23H17NO3. The summed E-state index contributed by atoms with van der Waals surface area (Å²) in [4.78, 5) is 40.2. The molecule has 1 aliphatic rings. The van der Waals surface area contributed by atoms with Crippen molar-refractivity contribution in [2.45, 2.75) is 12.5 Å². The van der Waals surface area contributed by atoms with Gasteiger partial charge < -0.3 is 0 Å². The largest absolute Gasteiger partial charge is 0.292 e. The van der Waals surface area contributed by atoms with E-state index in [9.17, 15) is 14.4 Å². The maximum absolute atomic E-state index is 13.2. The molecule has 0 bridgehead atoms. The van der Waals surface area contributed by atoms with Gasteiger partial charge in [0.25, 0.3) is 11.8 Å². The van der Waals surface area contributed by atoms with E-state index in [-0.39, 0.29) is 12.2 Å². The molecular weight excluding hydrogens is 338 g/mol. The van der Waals surface area contributed by atoms with Crippen molar-refractivity contribution in [3.05, 3.63) is 107 Å². The number of amides is 2. The van der Waals surface area contributed by atoms with Crippen molar-refractivity contribution >= 4 is 17.6 Å². The van der Waals surface area contributed by atoms with Gasteiger partial charge in [0.05, 0.1) is 11.1 Å². The van der Waals surface area contributed by atoms with E-state index in [4.69, 9.17) is 0 Å². The third-order valence-electron chi connectivity index (χ3n) is 4.77. The molecule has 0 aliphatic carbocycles. The van der Waals surface area contributed by atoms with E-state index < -0.39 is 17.9 Å². The van der Waals surface area contributed by atoms with E-state index in [0.29, 0.717) is 16.7 Å². The Morgan fingerprint density at radius 3 is 1.74 bits per heavy atom. The standard InChI is InChI=1S/C23H17NO3/c25-21(17-11-5-2-6-12-17)20(15-16-9-3-1-4-10-16)24-22(26)18-13-7-8-14-19(18)23(24)27/h1-14,20H,15H2/t20-/m1/s1. The van der Waals surface area contributed by atoms with Crippen LogP contribution >= 0.6 is 0 Å². The average molecular weight is 355 g/mol. The molecule has 1 aliphatic heterocycles. The summed E-state index contributed by atoms with van der Waals surface area (Å²) in [5, 5.41) is 0. The molecule has 1 atom stereocenters. The Bertz CT molecular complexity index is 977. The Kier molecular flexibility index (Phi) is 4.38. The number of ketones is 1. The minimum Gasteiger partial charge on any atom is -0.292 e. The summed E-state index contributed by atoms with van der Waals surface area (Å²) in [6.45, 7) is 0. The van der Waals surface area contributed by atoms with E-state index in [1.165, 1.54) is 0 Å². The van der Waals surface area contributed by atoms with Gasteiger partial charge in [0.2, 0.25) is 0 Å². The van der Waals surface area contributed by atoms with E-state index in [2.05, 4.69) is 0 Å². The average Bonchev–Trinajstić information content (AvgIpc) is 2.98. The summed E-state index contributed by atoms with van der Waals surface area (Å²) in [6, 6.07) is 24.0. The van der Waals surface area contributed by atoms with Crippen LogP contribution in [-0.2, 0) is 6.42 Å². The third-order valence-corrected chi connectivity index (χ3v) is 4.77. The van der Waals surface area contributed by atoms with Crippen molar-refractivity contribution in [1.29, 1.82) is 0 Å². The lowest BCUT2D eigenvalue weighted by atomic mass is 9.96. The van der Waals surface area contributed by atoms with Gasteiger partial charge in [-0.05, 0) is 17.7 Å². The maximum atomic E-state index is 13.2. The summed E-state index contributed by atoms with van der Waals surface area (Å²) < 4.78 is 0. The second kappa shape index (κ2) is 7.00. The third kappa shape index (κ3) is 3.06. The first-order chi connectivity index (χ1) is 13.2. The minimum absolute atomic E-state index is 0.242. The molecule has 0 fully saturated rings. The van der Waals surface area contributed by atoms with Gasteiger partial charge in [-0.1, -0.05) is 72.8 Å². The highest BCUT2D eigenvalue weighted by Crippen LogP contribution is 2.27. The number of hydrogen-bond donors (Lipinski definition) is 0. The minimum atomic E-state index is -0.887. The van der Waals surface area contributed by atoms with Crippen LogP contribution in [0, 0.1) is 0 Å². The summed E-state index contributed by atoms with van der Waals surface area (Å²) in [7, 11) is 0. The topological polar surface area (TPSA) is 54.5 Å². The van der Waals surface area contributed by atoms with E-state index in [0.717, 1.165) is 10.5 Å². The fraction of sp³-hybridized carbons (Fsp3) is 0.0870. The molecule has 0 saturated carbocycles. The van der Waals surface area contributed by atoms with Crippen LogP contribution in [0.15, 0.2) is 84.9 Å². The lowest BCUT2D eigenvalue weighted by molar-refractivity contribution is 0.0540. The van der Waals surface area contributed by atoms with Crippen molar-refractivity contribution in [1.82, 2.24) is 4.90 Å². The van der Waals surface area contributed by atoms with Gasteiger partial charge in [-0.3, -0.25) is 19.3 Å². The molecule has 0 spiro atoms. The molecule has 2 amide bonds. The van der Waals surface area contributed by atoms with Crippen LogP contribution in [-0.4, -0.2) is 28.5 Å². The zero-order chi connectivity index (χ0) is 18.8. The first kappa shape index (κ1) is 16.9. The van der Waals surface area contributed by atoms with Crippen LogP contribution in [0.5, 0.6) is 0 Å². The summed E-state index contributed by atoms with van der Waals surface area (Å²) in [5.41, 5.74) is 2.07. The summed E-state index contributed by atoms with van der Waals surface area (Å²) in [5.74, 6) is -1.07. The fourth-order valence-corrected chi connectivity index (χ4v) is 3.42. The van der Waals surface area contributed by atoms with Gasteiger partial charge in [-0.2, -0.15) is 0 Å². The van der Waals surface area contributed by atoms with Gasteiger partial charge in [0.1, 0.15) is 6.04 Å². The van der Waals surface area contributed by atoms with Crippen LogP contribution in [0.1, 0.15) is 36.6 Å². The van der Waals surface area contributed by atoms with Gasteiger partial charge in [0.15, 0.2) is 5.78 Å². The van der Waals surface area contributed by atoms with Gasteiger partial charge in [0, 0.05) is 12.0 Å². The molecule has 1 heterocycles. The van der Waals surface area contributed by atoms with E-state index >= 15 is 0 Å². The SMILES string of the molecule is O=C(c1ccccc1)[C@@H](Cc1ccccc1)N1C(=O)c2ccccc2C1=O. The van der Waals surface area contributed by atoms with Gasteiger partial charge in [-0.25, -0.2) is 0 Å². The summed E-state index contributed by atoms with van der Waals surface area (Å²) in [6.07, 6.45) is 0.278. The second-order valence-electron chi connectivity index (χ2n) is 6.46. The number of Topliss-reactive ketones (excluding diaryl/α,β-unsaturated/α-hetero) is 1. The van der Waals surface area contributed by atoms with Crippen molar-refractivity contribution < 1.29 is 14.4 Å². The lowest BCUT2D eigenvalue weighted by Gasteiger charge is -2.25. The number of carbonyl (C=O) groups excluding carboxylic acids is 3. The zero-order valence-corrected chi connectivity index (χ0v) is 14.5. The molecule has 3 aromatic carbocycles. The van der Waals surface area contributed by atoms with Crippen molar-refractivity contribution in [2.75, 3.05) is 0 Å². The van der Waals surface area contributed by atoms with Crippen LogP contribution in [0.4, 0.5) is 0 Å². The molecule has 27 heavy (non-hydrogen) atoms. The number of nitrogens with zero attached hydrogens (tertiary/aromatic N) is 1. The number of rotatable bonds is 5. The molecule has 0 unspecified atom stereocenters. The Labute approximate surface area is 157 Å². The smallest absolute Gasteiger partial charge is 0.262 e. The quantitative estimate of drug-likeness (QED) is 0.517. The molecule has 0 radical (unpaired) electrons. The van der Waals surface area contributed by atoms with Crippen LogP contribution in [0.3, 0.4) is 0 Å². The van der Waals surface area contributed by atoms with E-state index in [1.807, 2.05) is 36.4 Å². The molecule has 4 rings (SSSR count). The molecule has 4 nitrogen and oxygen atoms in total. The molecule has 0 N–H and O–H groups in total. The predicted octanol–water partition coefficient (Wildman–Crippen LogP) is 3.78. The molecule has 0 aromatic heterocycles.